The van der Waals surface area contributed by atoms with Crippen LogP contribution in [-0.4, -0.2) is 50.5 Å². The fourth-order valence-electron chi connectivity index (χ4n) is 2.78. The van der Waals surface area contributed by atoms with Crippen LogP contribution in [0, 0.1) is 5.92 Å². The van der Waals surface area contributed by atoms with Gasteiger partial charge in [0, 0.05) is 36.8 Å². The summed E-state index contributed by atoms with van der Waals surface area (Å²) in [4.78, 5) is 26.3. The molecule has 2 rings (SSSR count). The molecular formula is C18H25N3O4S. The van der Waals surface area contributed by atoms with Gasteiger partial charge < -0.3 is 10.2 Å². The number of likely N-dealkylation sites (tertiary alicyclic amines) is 1. The summed E-state index contributed by atoms with van der Waals surface area (Å²) in [7, 11) is -3.34. The van der Waals surface area contributed by atoms with E-state index in [2.05, 4.69) is 16.6 Å². The molecule has 1 heterocycles. The van der Waals surface area contributed by atoms with Crippen molar-refractivity contribution < 1.29 is 18.0 Å². The van der Waals surface area contributed by atoms with Gasteiger partial charge in [-0.25, -0.2) is 8.42 Å². The Morgan fingerprint density at radius 3 is 2.38 bits per heavy atom. The molecule has 1 aromatic rings. The number of piperidine rings is 1. The van der Waals surface area contributed by atoms with Crippen LogP contribution < -0.4 is 10.0 Å². The van der Waals surface area contributed by atoms with Crippen LogP contribution >= 0.6 is 0 Å². The van der Waals surface area contributed by atoms with E-state index in [4.69, 9.17) is 0 Å². The lowest BCUT2D eigenvalue weighted by Gasteiger charge is -2.31. The van der Waals surface area contributed by atoms with Gasteiger partial charge in [0.1, 0.15) is 0 Å². The lowest BCUT2D eigenvalue weighted by atomic mass is 9.95. The molecule has 7 nitrogen and oxygen atoms in total. The SMILES string of the molecule is C=CCNC(=O)C1CCN(C(=O)c2ccc(NS(=O)(=O)CC)cc2)CC1. The Hall–Kier alpha value is -2.35. The van der Waals surface area contributed by atoms with E-state index >= 15 is 0 Å². The van der Waals surface area contributed by atoms with E-state index in [9.17, 15) is 18.0 Å². The van der Waals surface area contributed by atoms with Crippen molar-refractivity contribution in [1.82, 2.24) is 10.2 Å². The maximum Gasteiger partial charge on any atom is 0.253 e. The Kier molecular flexibility index (Phi) is 6.79. The van der Waals surface area contributed by atoms with Crippen LogP contribution in [0.15, 0.2) is 36.9 Å². The van der Waals surface area contributed by atoms with Crippen LogP contribution in [-0.2, 0) is 14.8 Å². The summed E-state index contributed by atoms with van der Waals surface area (Å²) in [6.07, 6.45) is 2.90. The minimum atomic E-state index is -3.34. The Morgan fingerprint density at radius 1 is 1.23 bits per heavy atom. The van der Waals surface area contributed by atoms with Crippen LogP contribution in [0.5, 0.6) is 0 Å². The van der Waals surface area contributed by atoms with Gasteiger partial charge in [-0.3, -0.25) is 14.3 Å². The molecular weight excluding hydrogens is 354 g/mol. The Morgan fingerprint density at radius 2 is 1.85 bits per heavy atom. The first-order valence-corrected chi connectivity index (χ1v) is 10.3. The fourth-order valence-corrected chi connectivity index (χ4v) is 3.42. The molecule has 1 saturated heterocycles. The van der Waals surface area contributed by atoms with Crippen molar-refractivity contribution in [3.05, 3.63) is 42.5 Å². The number of carbonyl (C=O) groups excluding carboxylic acids is 2. The van der Waals surface area contributed by atoms with Crippen molar-refractivity contribution in [1.29, 1.82) is 0 Å². The Balaban J connectivity index is 1.92. The van der Waals surface area contributed by atoms with Crippen molar-refractivity contribution in [2.24, 2.45) is 5.92 Å². The molecule has 0 aliphatic carbocycles. The first-order valence-electron chi connectivity index (χ1n) is 8.64. The minimum absolute atomic E-state index is 0.00422. The topological polar surface area (TPSA) is 95.6 Å². The monoisotopic (exact) mass is 379 g/mol. The summed E-state index contributed by atoms with van der Waals surface area (Å²) in [6.45, 7) is 6.63. The van der Waals surface area contributed by atoms with E-state index in [1.54, 1.807) is 42.2 Å². The van der Waals surface area contributed by atoms with Crippen LogP contribution in [0.2, 0.25) is 0 Å². The third-order valence-electron chi connectivity index (χ3n) is 4.36. The van der Waals surface area contributed by atoms with Crippen LogP contribution in [0.1, 0.15) is 30.1 Å². The van der Waals surface area contributed by atoms with Gasteiger partial charge >= 0.3 is 0 Å². The fraction of sp³-hybridized carbons (Fsp3) is 0.444. The van der Waals surface area contributed by atoms with E-state index in [0.29, 0.717) is 43.7 Å². The normalized spacial score (nSPS) is 15.3. The molecule has 26 heavy (non-hydrogen) atoms. The smallest absolute Gasteiger partial charge is 0.253 e. The number of sulfonamides is 1. The third-order valence-corrected chi connectivity index (χ3v) is 5.67. The van der Waals surface area contributed by atoms with Crippen LogP contribution in [0.25, 0.3) is 0 Å². The van der Waals surface area contributed by atoms with E-state index in [-0.39, 0.29) is 23.5 Å². The van der Waals surface area contributed by atoms with E-state index < -0.39 is 10.0 Å². The average Bonchev–Trinajstić information content (AvgIpc) is 2.66. The van der Waals surface area contributed by atoms with Gasteiger partial charge in [-0.2, -0.15) is 0 Å². The molecule has 0 spiro atoms. The number of hydrogen-bond acceptors (Lipinski definition) is 4. The van der Waals surface area contributed by atoms with Crippen LogP contribution in [0.4, 0.5) is 5.69 Å². The lowest BCUT2D eigenvalue weighted by Crippen LogP contribution is -2.43. The van der Waals surface area contributed by atoms with Gasteiger partial charge in [-0.1, -0.05) is 6.08 Å². The van der Waals surface area contributed by atoms with Crippen LogP contribution in [0.3, 0.4) is 0 Å². The lowest BCUT2D eigenvalue weighted by molar-refractivity contribution is -0.126. The molecule has 1 fully saturated rings. The molecule has 1 aliphatic rings. The molecule has 2 N–H and O–H groups in total. The zero-order valence-corrected chi connectivity index (χ0v) is 15.7. The van der Waals surface area contributed by atoms with Crippen molar-refractivity contribution >= 4 is 27.5 Å². The van der Waals surface area contributed by atoms with Crippen molar-refractivity contribution in [3.63, 3.8) is 0 Å². The number of nitrogens with one attached hydrogen (secondary N) is 2. The molecule has 0 bridgehead atoms. The number of anilines is 1. The number of hydrogen-bond donors (Lipinski definition) is 2. The molecule has 8 heteroatoms. The maximum absolute atomic E-state index is 12.6. The molecule has 142 valence electrons. The van der Waals surface area contributed by atoms with Gasteiger partial charge in [0.2, 0.25) is 15.9 Å². The molecule has 0 aromatic heterocycles. The van der Waals surface area contributed by atoms with Crippen molar-refractivity contribution in [2.45, 2.75) is 19.8 Å². The second kappa shape index (κ2) is 8.84. The summed E-state index contributed by atoms with van der Waals surface area (Å²) in [5.74, 6) is -0.197. The zero-order valence-electron chi connectivity index (χ0n) is 14.9. The first kappa shape index (κ1) is 20.0. The summed E-state index contributed by atoms with van der Waals surface area (Å²) < 4.78 is 25.6. The summed E-state index contributed by atoms with van der Waals surface area (Å²) in [6, 6.07) is 6.38. The molecule has 1 aromatic carbocycles. The minimum Gasteiger partial charge on any atom is -0.352 e. The zero-order chi connectivity index (χ0) is 19.2. The number of benzene rings is 1. The molecule has 0 atom stereocenters. The number of carbonyl (C=O) groups is 2. The van der Waals surface area contributed by atoms with Crippen molar-refractivity contribution in [3.8, 4) is 0 Å². The van der Waals surface area contributed by atoms with E-state index in [1.807, 2.05) is 0 Å². The maximum atomic E-state index is 12.6. The highest BCUT2D eigenvalue weighted by Crippen LogP contribution is 2.20. The Labute approximate surface area is 154 Å². The molecule has 0 unspecified atom stereocenters. The number of amides is 2. The highest BCUT2D eigenvalue weighted by molar-refractivity contribution is 7.92. The summed E-state index contributed by atoms with van der Waals surface area (Å²) in [5, 5.41) is 2.79. The predicted molar refractivity (Wildman–Crippen MR) is 101 cm³/mol. The highest BCUT2D eigenvalue weighted by Gasteiger charge is 2.27. The van der Waals surface area contributed by atoms with Gasteiger partial charge in [0.15, 0.2) is 0 Å². The second-order valence-corrected chi connectivity index (χ2v) is 8.19. The number of nitrogens with zero attached hydrogens (tertiary/aromatic N) is 1. The second-order valence-electron chi connectivity index (χ2n) is 6.18. The van der Waals surface area contributed by atoms with E-state index in [1.165, 1.54) is 0 Å². The van der Waals surface area contributed by atoms with Gasteiger partial charge in [0.05, 0.1) is 5.75 Å². The summed E-state index contributed by atoms with van der Waals surface area (Å²) >= 11 is 0. The largest absolute Gasteiger partial charge is 0.352 e. The molecule has 0 saturated carbocycles. The quantitative estimate of drug-likeness (QED) is 0.704. The standard InChI is InChI=1S/C18H25N3O4S/c1-3-11-19-17(22)14-9-12-21(13-10-14)18(23)15-5-7-16(8-6-15)20-26(24,25)4-2/h3,5-8,14,20H,1,4,9-13H2,2H3,(H,19,22). The van der Waals surface area contributed by atoms with E-state index in [0.717, 1.165) is 0 Å². The van der Waals surface area contributed by atoms with Crippen molar-refractivity contribution in [2.75, 3.05) is 30.1 Å². The first-order chi connectivity index (χ1) is 12.4. The average molecular weight is 379 g/mol. The summed E-state index contributed by atoms with van der Waals surface area (Å²) in [5.41, 5.74) is 0.931. The molecule has 2 amide bonds. The molecule has 0 radical (unpaired) electrons. The molecule has 1 aliphatic heterocycles. The number of rotatable bonds is 7. The third kappa shape index (κ3) is 5.32. The van der Waals surface area contributed by atoms with Gasteiger partial charge in [0.25, 0.3) is 5.91 Å². The Bertz CT molecular complexity index is 751. The highest BCUT2D eigenvalue weighted by atomic mass is 32.2. The predicted octanol–water partition coefficient (Wildman–Crippen LogP) is 1.60. The van der Waals surface area contributed by atoms with Gasteiger partial charge in [-0.15, -0.1) is 6.58 Å². The van der Waals surface area contributed by atoms with Gasteiger partial charge in [-0.05, 0) is 44.0 Å².